The van der Waals surface area contributed by atoms with E-state index < -0.39 is 11.9 Å². The molecule has 0 bridgehead atoms. The lowest BCUT2D eigenvalue weighted by atomic mass is 10.00. The Kier molecular flexibility index (Phi) is 5.02. The zero-order valence-corrected chi connectivity index (χ0v) is 14.4. The number of carbonyl (C=O) groups is 3. The van der Waals surface area contributed by atoms with E-state index in [2.05, 4.69) is 10.6 Å². The highest BCUT2D eigenvalue weighted by Gasteiger charge is 2.17. The molecule has 3 N–H and O–H groups in total. The second-order valence-electron chi connectivity index (χ2n) is 6.51. The number of fused-ring (bicyclic) bond motifs is 1. The van der Waals surface area contributed by atoms with Crippen molar-refractivity contribution in [2.75, 3.05) is 10.6 Å². The van der Waals surface area contributed by atoms with Gasteiger partial charge in [0.25, 0.3) is 5.91 Å². The number of benzene rings is 2. The molecule has 1 aliphatic rings. The first kappa shape index (κ1) is 17.7. The minimum Gasteiger partial charge on any atom is -0.481 e. The molecule has 26 heavy (non-hydrogen) atoms. The fourth-order valence-electron chi connectivity index (χ4n) is 2.89. The zero-order valence-electron chi connectivity index (χ0n) is 14.4. The number of carboxylic acid groups (broad SMARTS) is 1. The molecule has 0 spiro atoms. The molecule has 2 aromatic rings. The molecular weight excluding hydrogens is 332 g/mol. The van der Waals surface area contributed by atoms with E-state index in [0.717, 1.165) is 16.8 Å². The van der Waals surface area contributed by atoms with Gasteiger partial charge in [-0.2, -0.15) is 0 Å². The van der Waals surface area contributed by atoms with Crippen molar-refractivity contribution in [3.63, 3.8) is 0 Å². The Morgan fingerprint density at radius 3 is 2.58 bits per heavy atom. The van der Waals surface area contributed by atoms with E-state index in [1.54, 1.807) is 37.3 Å². The summed E-state index contributed by atoms with van der Waals surface area (Å²) in [6.07, 6.45) is 1.49. The second-order valence-corrected chi connectivity index (χ2v) is 6.51. The summed E-state index contributed by atoms with van der Waals surface area (Å²) in [6.45, 7) is 1.66. The van der Waals surface area contributed by atoms with Crippen LogP contribution in [0.5, 0.6) is 0 Å². The van der Waals surface area contributed by atoms with Crippen molar-refractivity contribution in [2.24, 2.45) is 5.92 Å². The Hall–Kier alpha value is -3.15. The second kappa shape index (κ2) is 7.39. The van der Waals surface area contributed by atoms with Gasteiger partial charge in [0.15, 0.2) is 0 Å². The quantitative estimate of drug-likeness (QED) is 0.770. The van der Waals surface area contributed by atoms with Crippen LogP contribution < -0.4 is 10.6 Å². The van der Waals surface area contributed by atoms with Crippen LogP contribution in [0.2, 0.25) is 0 Å². The van der Waals surface area contributed by atoms with Crippen LogP contribution >= 0.6 is 0 Å². The Balaban J connectivity index is 1.66. The number of amides is 2. The van der Waals surface area contributed by atoms with Gasteiger partial charge in [-0.05, 0) is 54.3 Å². The maximum atomic E-state index is 12.4. The summed E-state index contributed by atoms with van der Waals surface area (Å²) in [5.41, 5.74) is 3.80. The lowest BCUT2D eigenvalue weighted by molar-refractivity contribution is -0.141. The van der Waals surface area contributed by atoms with Crippen molar-refractivity contribution in [3.05, 3.63) is 59.2 Å². The SMILES string of the molecule is CC(Cc1ccc(NC(=O)c2ccc3c(c2)CCC(=O)N3)cc1)C(=O)O. The number of aryl methyl sites for hydroxylation is 1. The van der Waals surface area contributed by atoms with Gasteiger partial charge < -0.3 is 15.7 Å². The molecule has 6 nitrogen and oxygen atoms in total. The van der Waals surface area contributed by atoms with Crippen LogP contribution in [0.1, 0.15) is 34.8 Å². The molecule has 1 atom stereocenters. The van der Waals surface area contributed by atoms with Gasteiger partial charge in [-0.3, -0.25) is 14.4 Å². The van der Waals surface area contributed by atoms with Crippen molar-refractivity contribution in [3.8, 4) is 0 Å². The van der Waals surface area contributed by atoms with E-state index in [4.69, 9.17) is 5.11 Å². The first-order valence-electron chi connectivity index (χ1n) is 8.48. The molecule has 0 aliphatic carbocycles. The fourth-order valence-corrected chi connectivity index (χ4v) is 2.89. The number of aliphatic carboxylic acids is 1. The lowest BCUT2D eigenvalue weighted by Crippen LogP contribution is -2.20. The summed E-state index contributed by atoms with van der Waals surface area (Å²) in [5.74, 6) is -1.51. The van der Waals surface area contributed by atoms with Crippen LogP contribution in [-0.4, -0.2) is 22.9 Å². The number of hydrogen-bond acceptors (Lipinski definition) is 3. The third kappa shape index (κ3) is 4.08. The Labute approximate surface area is 151 Å². The summed E-state index contributed by atoms with van der Waals surface area (Å²) in [7, 11) is 0. The Bertz CT molecular complexity index is 859. The molecule has 6 heteroatoms. The van der Waals surface area contributed by atoms with Gasteiger partial charge in [-0.25, -0.2) is 0 Å². The van der Waals surface area contributed by atoms with Crippen LogP contribution in [0, 0.1) is 5.92 Å². The number of rotatable bonds is 5. The first-order chi connectivity index (χ1) is 12.4. The van der Waals surface area contributed by atoms with Crippen molar-refractivity contribution in [1.82, 2.24) is 0 Å². The number of carboxylic acids is 1. The predicted molar refractivity (Wildman–Crippen MR) is 98.3 cm³/mol. The summed E-state index contributed by atoms with van der Waals surface area (Å²) in [5, 5.41) is 14.6. The van der Waals surface area contributed by atoms with Gasteiger partial charge in [-0.15, -0.1) is 0 Å². The molecule has 1 heterocycles. The summed E-state index contributed by atoms with van der Waals surface area (Å²) >= 11 is 0. The van der Waals surface area contributed by atoms with Crippen LogP contribution in [0.4, 0.5) is 11.4 Å². The standard InChI is InChI=1S/C20H20N2O4/c1-12(20(25)26)10-13-2-6-16(7-3-13)21-19(24)15-4-8-17-14(11-15)5-9-18(23)22-17/h2-4,6-8,11-12H,5,9-10H2,1H3,(H,21,24)(H,22,23)(H,25,26). The minimum absolute atomic E-state index is 0.00740. The van der Waals surface area contributed by atoms with Crippen LogP contribution in [0.3, 0.4) is 0 Å². The van der Waals surface area contributed by atoms with E-state index >= 15 is 0 Å². The molecule has 0 fully saturated rings. The van der Waals surface area contributed by atoms with E-state index in [-0.39, 0.29) is 11.8 Å². The van der Waals surface area contributed by atoms with Crippen molar-refractivity contribution in [1.29, 1.82) is 0 Å². The highest BCUT2D eigenvalue weighted by atomic mass is 16.4. The monoisotopic (exact) mass is 352 g/mol. The van der Waals surface area contributed by atoms with Gasteiger partial charge in [0, 0.05) is 23.4 Å². The Morgan fingerprint density at radius 2 is 1.88 bits per heavy atom. The maximum Gasteiger partial charge on any atom is 0.306 e. The van der Waals surface area contributed by atoms with Crippen LogP contribution in [0.15, 0.2) is 42.5 Å². The van der Waals surface area contributed by atoms with Crippen LogP contribution in [0.25, 0.3) is 0 Å². The molecular formula is C20H20N2O4. The molecule has 1 unspecified atom stereocenters. The third-order valence-electron chi connectivity index (χ3n) is 4.44. The van der Waals surface area contributed by atoms with Gasteiger partial charge in [-0.1, -0.05) is 19.1 Å². The molecule has 0 aromatic heterocycles. The van der Waals surface area contributed by atoms with Crippen LogP contribution in [-0.2, 0) is 22.4 Å². The number of hydrogen-bond donors (Lipinski definition) is 3. The lowest BCUT2D eigenvalue weighted by Gasteiger charge is -2.17. The molecule has 0 radical (unpaired) electrons. The maximum absolute atomic E-state index is 12.4. The highest BCUT2D eigenvalue weighted by molar-refractivity contribution is 6.05. The predicted octanol–water partition coefficient (Wildman–Crippen LogP) is 3.09. The average molecular weight is 352 g/mol. The normalized spacial score (nSPS) is 14.1. The van der Waals surface area contributed by atoms with Gasteiger partial charge in [0.2, 0.25) is 5.91 Å². The van der Waals surface area contributed by atoms with E-state index in [0.29, 0.717) is 30.5 Å². The van der Waals surface area contributed by atoms with Crippen molar-refractivity contribution >= 4 is 29.2 Å². The fraction of sp³-hybridized carbons (Fsp3) is 0.250. The summed E-state index contributed by atoms with van der Waals surface area (Å²) in [6, 6.07) is 12.4. The molecule has 1 aliphatic heterocycles. The van der Waals surface area contributed by atoms with Gasteiger partial charge in [0.05, 0.1) is 5.92 Å². The Morgan fingerprint density at radius 1 is 1.15 bits per heavy atom. The smallest absolute Gasteiger partial charge is 0.306 e. The number of nitrogens with one attached hydrogen (secondary N) is 2. The minimum atomic E-state index is -0.828. The molecule has 134 valence electrons. The van der Waals surface area contributed by atoms with Crippen molar-refractivity contribution in [2.45, 2.75) is 26.2 Å². The molecule has 0 saturated carbocycles. The highest BCUT2D eigenvalue weighted by Crippen LogP contribution is 2.24. The van der Waals surface area contributed by atoms with E-state index in [1.165, 1.54) is 0 Å². The largest absolute Gasteiger partial charge is 0.481 e. The third-order valence-corrected chi connectivity index (χ3v) is 4.44. The summed E-state index contributed by atoms with van der Waals surface area (Å²) < 4.78 is 0. The number of anilines is 2. The molecule has 3 rings (SSSR count). The molecule has 2 amide bonds. The van der Waals surface area contributed by atoms with Crippen molar-refractivity contribution < 1.29 is 19.5 Å². The molecule has 2 aromatic carbocycles. The van der Waals surface area contributed by atoms with Gasteiger partial charge >= 0.3 is 5.97 Å². The number of carbonyl (C=O) groups excluding carboxylic acids is 2. The summed E-state index contributed by atoms with van der Waals surface area (Å²) in [4.78, 5) is 34.7. The topological polar surface area (TPSA) is 95.5 Å². The first-order valence-corrected chi connectivity index (χ1v) is 8.48. The van der Waals surface area contributed by atoms with E-state index in [9.17, 15) is 14.4 Å². The van der Waals surface area contributed by atoms with Gasteiger partial charge in [0.1, 0.15) is 0 Å². The zero-order chi connectivity index (χ0) is 18.7. The molecule has 0 saturated heterocycles. The average Bonchev–Trinajstić information content (AvgIpc) is 2.62. The van der Waals surface area contributed by atoms with E-state index in [1.807, 2.05) is 12.1 Å².